The van der Waals surface area contributed by atoms with Crippen molar-refractivity contribution in [2.24, 2.45) is 5.73 Å². The lowest BCUT2D eigenvalue weighted by molar-refractivity contribution is -0.143. The van der Waals surface area contributed by atoms with E-state index in [1.54, 1.807) is 45.0 Å². The van der Waals surface area contributed by atoms with Crippen LogP contribution in [0.1, 0.15) is 84.9 Å². The standard InChI is InChI=1S/C27H42N4O5/c1-9-16-31(24(34)20(14-15-21(28)32)29-25(35)36-27(6,7)8)22(23(33)30-26(3,4)5)19-13-11-12-18(10-2)17-19/h10-13,17,20,22H,2,9,14-16H2,1,3-8H3,(H2,28,32)(H,29,35)(H,30,33). The van der Waals surface area contributed by atoms with Crippen molar-refractivity contribution in [2.75, 3.05) is 6.54 Å². The number of ether oxygens (including phenoxy) is 1. The van der Waals surface area contributed by atoms with Crippen LogP contribution in [0.2, 0.25) is 0 Å². The van der Waals surface area contributed by atoms with E-state index in [2.05, 4.69) is 17.2 Å². The van der Waals surface area contributed by atoms with Gasteiger partial charge in [0.2, 0.25) is 17.7 Å². The van der Waals surface area contributed by atoms with Crippen molar-refractivity contribution in [1.29, 1.82) is 0 Å². The predicted octanol–water partition coefficient (Wildman–Crippen LogP) is 3.68. The lowest BCUT2D eigenvalue weighted by Crippen LogP contribution is -2.55. The molecule has 0 fully saturated rings. The van der Waals surface area contributed by atoms with Crippen LogP contribution in [-0.4, -0.2) is 52.4 Å². The van der Waals surface area contributed by atoms with Gasteiger partial charge in [-0.05, 0) is 71.6 Å². The molecule has 0 aliphatic heterocycles. The van der Waals surface area contributed by atoms with Crippen molar-refractivity contribution in [3.05, 3.63) is 42.0 Å². The number of nitrogens with one attached hydrogen (secondary N) is 2. The smallest absolute Gasteiger partial charge is 0.408 e. The topological polar surface area (TPSA) is 131 Å². The Labute approximate surface area is 214 Å². The van der Waals surface area contributed by atoms with Crippen molar-refractivity contribution < 1.29 is 23.9 Å². The van der Waals surface area contributed by atoms with E-state index >= 15 is 0 Å². The van der Waals surface area contributed by atoms with Crippen LogP contribution in [0.25, 0.3) is 6.08 Å². The first-order valence-corrected chi connectivity index (χ1v) is 12.2. The molecule has 0 spiro atoms. The fourth-order valence-corrected chi connectivity index (χ4v) is 3.57. The first-order valence-electron chi connectivity index (χ1n) is 12.2. The maximum absolute atomic E-state index is 13.9. The number of nitrogens with two attached hydrogens (primary N) is 1. The Balaban J connectivity index is 3.52. The predicted molar refractivity (Wildman–Crippen MR) is 141 cm³/mol. The first kappa shape index (κ1) is 30.7. The van der Waals surface area contributed by atoms with E-state index < -0.39 is 41.1 Å². The number of carbonyl (C=O) groups is 4. The van der Waals surface area contributed by atoms with Crippen molar-refractivity contribution >= 4 is 29.9 Å². The molecule has 0 aromatic heterocycles. The van der Waals surface area contributed by atoms with Gasteiger partial charge in [0, 0.05) is 18.5 Å². The molecule has 0 saturated heterocycles. The highest BCUT2D eigenvalue weighted by Crippen LogP contribution is 2.26. The molecule has 9 heteroatoms. The normalized spacial score (nSPS) is 13.2. The number of hydrogen-bond donors (Lipinski definition) is 3. The Morgan fingerprint density at radius 2 is 1.78 bits per heavy atom. The molecule has 9 nitrogen and oxygen atoms in total. The minimum absolute atomic E-state index is 0.0338. The molecule has 36 heavy (non-hydrogen) atoms. The monoisotopic (exact) mass is 502 g/mol. The molecule has 0 aliphatic carbocycles. The Morgan fingerprint density at radius 1 is 1.14 bits per heavy atom. The largest absolute Gasteiger partial charge is 0.444 e. The summed E-state index contributed by atoms with van der Waals surface area (Å²) >= 11 is 0. The summed E-state index contributed by atoms with van der Waals surface area (Å²) in [5.41, 5.74) is 5.38. The molecule has 0 radical (unpaired) electrons. The van der Waals surface area contributed by atoms with Crippen LogP contribution in [0.15, 0.2) is 30.8 Å². The molecular formula is C27H42N4O5. The van der Waals surface area contributed by atoms with Crippen LogP contribution in [0.4, 0.5) is 4.79 Å². The molecule has 2 unspecified atom stereocenters. The second kappa shape index (κ2) is 13.1. The van der Waals surface area contributed by atoms with Gasteiger partial charge in [0.05, 0.1) is 0 Å². The highest BCUT2D eigenvalue weighted by molar-refractivity contribution is 5.92. The Bertz CT molecular complexity index is 946. The number of benzene rings is 1. The van der Waals surface area contributed by atoms with Gasteiger partial charge in [0.25, 0.3) is 0 Å². The zero-order valence-electron chi connectivity index (χ0n) is 22.6. The van der Waals surface area contributed by atoms with Gasteiger partial charge in [-0.15, -0.1) is 0 Å². The average molecular weight is 503 g/mol. The third-order valence-corrected chi connectivity index (χ3v) is 4.94. The third kappa shape index (κ3) is 10.5. The summed E-state index contributed by atoms with van der Waals surface area (Å²) in [5.74, 6) is -1.49. The number of alkyl carbamates (subject to hydrolysis) is 1. The Kier molecular flexibility index (Phi) is 11.2. The summed E-state index contributed by atoms with van der Waals surface area (Å²) in [6.45, 7) is 16.6. The summed E-state index contributed by atoms with van der Waals surface area (Å²) in [6, 6.07) is 5.12. The van der Waals surface area contributed by atoms with E-state index in [1.165, 1.54) is 4.90 Å². The van der Waals surface area contributed by atoms with E-state index in [4.69, 9.17) is 10.5 Å². The lowest BCUT2D eigenvalue weighted by Gasteiger charge is -2.36. The van der Waals surface area contributed by atoms with Gasteiger partial charge in [-0.25, -0.2) is 4.79 Å². The second-order valence-corrected chi connectivity index (χ2v) is 10.8. The molecule has 0 aliphatic rings. The summed E-state index contributed by atoms with van der Waals surface area (Å²) in [5, 5.41) is 5.54. The zero-order valence-corrected chi connectivity index (χ0v) is 22.6. The van der Waals surface area contributed by atoms with Crippen molar-refractivity contribution in [2.45, 2.75) is 91.0 Å². The fourth-order valence-electron chi connectivity index (χ4n) is 3.57. The number of amides is 4. The molecule has 4 N–H and O–H groups in total. The van der Waals surface area contributed by atoms with Gasteiger partial charge < -0.3 is 26.0 Å². The quantitative estimate of drug-likeness (QED) is 0.425. The van der Waals surface area contributed by atoms with Crippen LogP contribution < -0.4 is 16.4 Å². The van der Waals surface area contributed by atoms with Crippen LogP contribution in [0, 0.1) is 0 Å². The van der Waals surface area contributed by atoms with Gasteiger partial charge in [-0.3, -0.25) is 14.4 Å². The Hall–Kier alpha value is -3.36. The molecule has 4 amide bonds. The molecule has 0 heterocycles. The van der Waals surface area contributed by atoms with Crippen molar-refractivity contribution in [3.63, 3.8) is 0 Å². The second-order valence-electron chi connectivity index (χ2n) is 10.8. The molecule has 200 valence electrons. The van der Waals surface area contributed by atoms with E-state index in [9.17, 15) is 19.2 Å². The van der Waals surface area contributed by atoms with Crippen LogP contribution >= 0.6 is 0 Å². The number of nitrogens with zero attached hydrogens (tertiary/aromatic N) is 1. The SMILES string of the molecule is C=Cc1cccc(C(C(=O)NC(C)(C)C)N(CCC)C(=O)C(CCC(N)=O)NC(=O)OC(C)(C)C)c1. The van der Waals surface area contributed by atoms with Crippen LogP contribution in [0.3, 0.4) is 0 Å². The summed E-state index contributed by atoms with van der Waals surface area (Å²) in [7, 11) is 0. The highest BCUT2D eigenvalue weighted by atomic mass is 16.6. The minimum Gasteiger partial charge on any atom is -0.444 e. The average Bonchev–Trinajstić information content (AvgIpc) is 2.73. The fraction of sp³-hybridized carbons (Fsp3) is 0.556. The maximum atomic E-state index is 13.9. The number of hydrogen-bond acceptors (Lipinski definition) is 5. The summed E-state index contributed by atoms with van der Waals surface area (Å²) in [4.78, 5) is 52.9. The van der Waals surface area contributed by atoms with Crippen molar-refractivity contribution in [1.82, 2.24) is 15.5 Å². The molecule has 2 atom stereocenters. The van der Waals surface area contributed by atoms with Gasteiger partial charge >= 0.3 is 6.09 Å². The van der Waals surface area contributed by atoms with E-state index in [0.29, 0.717) is 12.0 Å². The highest BCUT2D eigenvalue weighted by Gasteiger charge is 2.37. The van der Waals surface area contributed by atoms with Crippen LogP contribution in [0.5, 0.6) is 0 Å². The Morgan fingerprint density at radius 3 is 2.28 bits per heavy atom. The minimum atomic E-state index is -1.12. The lowest BCUT2D eigenvalue weighted by atomic mass is 9.98. The van der Waals surface area contributed by atoms with Gasteiger partial charge in [-0.1, -0.05) is 37.8 Å². The molecule has 1 aromatic carbocycles. The number of rotatable bonds is 11. The molecular weight excluding hydrogens is 460 g/mol. The number of carbonyl (C=O) groups excluding carboxylic acids is 4. The van der Waals surface area contributed by atoms with E-state index in [0.717, 1.165) is 5.56 Å². The molecule has 1 aromatic rings. The van der Waals surface area contributed by atoms with E-state index in [1.807, 2.05) is 33.8 Å². The molecule has 0 saturated carbocycles. The van der Waals surface area contributed by atoms with Gasteiger partial charge in [-0.2, -0.15) is 0 Å². The summed E-state index contributed by atoms with van der Waals surface area (Å²) < 4.78 is 5.33. The van der Waals surface area contributed by atoms with Gasteiger partial charge in [0.1, 0.15) is 17.7 Å². The molecule has 1 rings (SSSR count). The zero-order chi connectivity index (χ0) is 27.7. The van der Waals surface area contributed by atoms with Crippen LogP contribution in [-0.2, 0) is 19.1 Å². The molecule has 0 bridgehead atoms. The first-order chi connectivity index (χ1) is 16.6. The van der Waals surface area contributed by atoms with Gasteiger partial charge in [0.15, 0.2) is 0 Å². The van der Waals surface area contributed by atoms with Crippen molar-refractivity contribution in [3.8, 4) is 0 Å². The number of primary amides is 1. The van der Waals surface area contributed by atoms with E-state index in [-0.39, 0.29) is 25.3 Å². The maximum Gasteiger partial charge on any atom is 0.408 e. The summed E-state index contributed by atoms with van der Waals surface area (Å²) in [6.07, 6.45) is 1.26. The third-order valence-electron chi connectivity index (χ3n) is 4.94.